The van der Waals surface area contributed by atoms with Crippen molar-refractivity contribution in [1.82, 2.24) is 5.32 Å². The third-order valence-corrected chi connectivity index (χ3v) is 15.8. The molecule has 3 N–H and O–H groups in total. The molecule has 6 heteroatoms. The number of ether oxygens (including phenoxy) is 1. The van der Waals surface area contributed by atoms with E-state index < -0.39 is 12.1 Å². The topological polar surface area (TPSA) is 95.9 Å². The molecule has 6 nitrogen and oxygen atoms in total. The van der Waals surface area contributed by atoms with Crippen LogP contribution in [0.5, 0.6) is 0 Å². The summed E-state index contributed by atoms with van der Waals surface area (Å²) in [7, 11) is 0. The summed E-state index contributed by atoms with van der Waals surface area (Å²) >= 11 is 0. The fraction of sp³-hybridized carbons (Fsp3) is 0.940. The molecule has 0 heterocycles. The van der Waals surface area contributed by atoms with E-state index in [-0.39, 0.29) is 18.5 Å². The average Bonchev–Trinajstić information content (AvgIpc) is 3.39. The first-order valence-corrected chi connectivity index (χ1v) is 33.5. The molecule has 0 saturated heterocycles. The molecule has 0 saturated carbocycles. The predicted octanol–water partition coefficient (Wildman–Crippen LogP) is 21.2. The van der Waals surface area contributed by atoms with Crippen LogP contribution in [0.15, 0.2) is 12.2 Å². The molecule has 2 atom stereocenters. The number of aliphatic hydroxyl groups is 2. The molecule has 0 rings (SSSR count). The van der Waals surface area contributed by atoms with Crippen molar-refractivity contribution in [1.29, 1.82) is 0 Å². The summed E-state index contributed by atoms with van der Waals surface area (Å²) in [6.07, 6.45) is 77.0. The van der Waals surface area contributed by atoms with Gasteiger partial charge in [-0.05, 0) is 32.1 Å². The monoisotopic (exact) mass is 1030 g/mol. The Morgan fingerprint density at radius 2 is 0.630 bits per heavy atom. The third kappa shape index (κ3) is 59.7. The lowest BCUT2D eigenvalue weighted by molar-refractivity contribution is -0.143. The zero-order valence-corrected chi connectivity index (χ0v) is 49.6. The summed E-state index contributed by atoms with van der Waals surface area (Å²) in [6.45, 7) is 4.94. The van der Waals surface area contributed by atoms with Crippen LogP contribution in [-0.2, 0) is 14.3 Å². The highest BCUT2D eigenvalue weighted by Gasteiger charge is 2.18. The van der Waals surface area contributed by atoms with Crippen molar-refractivity contribution < 1.29 is 24.5 Å². The van der Waals surface area contributed by atoms with Crippen LogP contribution in [0.25, 0.3) is 0 Å². The van der Waals surface area contributed by atoms with Crippen molar-refractivity contribution in [3.05, 3.63) is 12.2 Å². The van der Waals surface area contributed by atoms with Gasteiger partial charge >= 0.3 is 5.97 Å². The van der Waals surface area contributed by atoms with Crippen molar-refractivity contribution in [3.8, 4) is 0 Å². The minimum Gasteiger partial charge on any atom is -0.466 e. The predicted molar refractivity (Wildman–Crippen MR) is 320 cm³/mol. The fourth-order valence-corrected chi connectivity index (χ4v) is 10.7. The normalized spacial score (nSPS) is 12.5. The molecular weight excluding hydrogens is 899 g/mol. The standard InChI is InChI=1S/C67H131NO5/c1-3-5-7-9-11-13-15-17-19-28-32-35-39-43-47-51-55-59-65(70)64(63-69)68-66(71)60-56-52-48-44-40-36-33-29-26-24-22-20-21-23-25-27-30-34-38-42-46-50-54-58-62-73-67(72)61-57-53-49-45-41-37-31-18-16-14-12-10-8-6-4-2/h55,59,64-65,69-70H,3-54,56-58,60-63H2,1-2H3,(H,68,71)/b59-55+. The molecule has 0 fully saturated rings. The second kappa shape index (κ2) is 63.1. The number of hydrogen-bond donors (Lipinski definition) is 3. The second-order valence-electron chi connectivity index (χ2n) is 23.2. The van der Waals surface area contributed by atoms with Gasteiger partial charge in [-0.25, -0.2) is 0 Å². The summed E-state index contributed by atoms with van der Waals surface area (Å²) in [4.78, 5) is 24.6. The largest absolute Gasteiger partial charge is 0.466 e. The van der Waals surface area contributed by atoms with E-state index in [0.29, 0.717) is 19.4 Å². The Bertz CT molecular complexity index is 1100. The van der Waals surface area contributed by atoms with Crippen LogP contribution in [-0.4, -0.2) is 47.4 Å². The number of unbranched alkanes of at least 4 members (excludes halogenated alkanes) is 52. The Kier molecular flexibility index (Phi) is 61.9. The van der Waals surface area contributed by atoms with Crippen LogP contribution < -0.4 is 5.32 Å². The number of rotatable bonds is 63. The molecule has 0 aromatic rings. The van der Waals surface area contributed by atoms with Gasteiger partial charge in [0.25, 0.3) is 0 Å². The third-order valence-electron chi connectivity index (χ3n) is 15.8. The van der Waals surface area contributed by atoms with Crippen molar-refractivity contribution in [2.24, 2.45) is 0 Å². The quantitative estimate of drug-likeness (QED) is 0.0320. The molecule has 0 aromatic heterocycles. The van der Waals surface area contributed by atoms with Crippen LogP contribution in [0.4, 0.5) is 0 Å². The number of allylic oxidation sites excluding steroid dienone is 1. The summed E-state index contributed by atoms with van der Waals surface area (Å²) in [5.41, 5.74) is 0. The van der Waals surface area contributed by atoms with E-state index in [1.165, 1.54) is 315 Å². The molecule has 0 aliphatic heterocycles. The van der Waals surface area contributed by atoms with Gasteiger partial charge in [-0.2, -0.15) is 0 Å². The van der Waals surface area contributed by atoms with E-state index in [2.05, 4.69) is 19.2 Å². The van der Waals surface area contributed by atoms with Crippen molar-refractivity contribution >= 4 is 11.9 Å². The minimum atomic E-state index is -0.843. The van der Waals surface area contributed by atoms with Crippen LogP contribution in [0.2, 0.25) is 0 Å². The first-order valence-electron chi connectivity index (χ1n) is 33.5. The maximum absolute atomic E-state index is 12.5. The Labute approximate surface area is 457 Å². The molecular formula is C67H131NO5. The molecule has 0 radical (unpaired) electrons. The van der Waals surface area contributed by atoms with E-state index in [1.807, 2.05) is 6.08 Å². The zero-order chi connectivity index (χ0) is 52.9. The van der Waals surface area contributed by atoms with Crippen LogP contribution in [0.3, 0.4) is 0 Å². The summed E-state index contributed by atoms with van der Waals surface area (Å²) in [5.74, 6) is -0.0447. The number of carbonyl (C=O) groups excluding carboxylic acids is 2. The maximum Gasteiger partial charge on any atom is 0.305 e. The lowest BCUT2D eigenvalue weighted by Gasteiger charge is -2.20. The van der Waals surface area contributed by atoms with Gasteiger partial charge in [-0.3, -0.25) is 9.59 Å². The van der Waals surface area contributed by atoms with Gasteiger partial charge in [-0.1, -0.05) is 347 Å². The van der Waals surface area contributed by atoms with E-state index in [0.717, 1.165) is 38.5 Å². The zero-order valence-electron chi connectivity index (χ0n) is 49.6. The second-order valence-corrected chi connectivity index (χ2v) is 23.2. The van der Waals surface area contributed by atoms with Gasteiger partial charge in [0.15, 0.2) is 0 Å². The van der Waals surface area contributed by atoms with Gasteiger partial charge in [0, 0.05) is 12.8 Å². The van der Waals surface area contributed by atoms with E-state index >= 15 is 0 Å². The first kappa shape index (κ1) is 71.6. The molecule has 73 heavy (non-hydrogen) atoms. The van der Waals surface area contributed by atoms with Crippen LogP contribution >= 0.6 is 0 Å². The molecule has 0 spiro atoms. The molecule has 0 bridgehead atoms. The molecule has 0 aromatic carbocycles. The SMILES string of the molecule is CCCCCCCCCCCCCCCCC/C=C/C(O)C(CO)NC(=O)CCCCCCCCCCCCCCCCCCCCCCCCCCOC(=O)CCCCCCCCCCCCCCCCC. The lowest BCUT2D eigenvalue weighted by atomic mass is 10.0. The molecule has 2 unspecified atom stereocenters. The smallest absolute Gasteiger partial charge is 0.305 e. The highest BCUT2D eigenvalue weighted by Crippen LogP contribution is 2.19. The minimum absolute atomic E-state index is 0.0187. The van der Waals surface area contributed by atoms with Crippen molar-refractivity contribution in [2.45, 2.75) is 392 Å². The Hall–Kier alpha value is -1.40. The van der Waals surface area contributed by atoms with Gasteiger partial charge in [0.05, 0.1) is 25.4 Å². The average molecular weight is 1030 g/mol. The van der Waals surface area contributed by atoms with Gasteiger partial charge in [0.2, 0.25) is 5.91 Å². The van der Waals surface area contributed by atoms with Gasteiger partial charge in [0.1, 0.15) is 0 Å². The lowest BCUT2D eigenvalue weighted by Crippen LogP contribution is -2.45. The van der Waals surface area contributed by atoms with E-state index in [1.54, 1.807) is 6.08 Å². The first-order chi connectivity index (χ1) is 36.0. The Morgan fingerprint density at radius 3 is 0.932 bits per heavy atom. The van der Waals surface area contributed by atoms with Gasteiger partial charge < -0.3 is 20.3 Å². The number of carbonyl (C=O) groups is 2. The Morgan fingerprint density at radius 1 is 0.370 bits per heavy atom. The van der Waals surface area contributed by atoms with Crippen molar-refractivity contribution in [3.63, 3.8) is 0 Å². The molecule has 0 aliphatic carbocycles. The van der Waals surface area contributed by atoms with Crippen LogP contribution in [0.1, 0.15) is 380 Å². The summed E-state index contributed by atoms with van der Waals surface area (Å²) in [5, 5.41) is 23.2. The van der Waals surface area contributed by atoms with Gasteiger partial charge in [-0.15, -0.1) is 0 Å². The van der Waals surface area contributed by atoms with Crippen molar-refractivity contribution in [2.75, 3.05) is 13.2 Å². The number of hydrogen-bond acceptors (Lipinski definition) is 5. The van der Waals surface area contributed by atoms with E-state index in [4.69, 9.17) is 4.74 Å². The highest BCUT2D eigenvalue weighted by atomic mass is 16.5. The molecule has 434 valence electrons. The molecule has 0 aliphatic rings. The summed E-state index contributed by atoms with van der Waals surface area (Å²) in [6, 6.07) is -0.626. The maximum atomic E-state index is 12.5. The van der Waals surface area contributed by atoms with E-state index in [9.17, 15) is 19.8 Å². The number of aliphatic hydroxyl groups excluding tert-OH is 2. The number of esters is 1. The number of amides is 1. The highest BCUT2D eigenvalue weighted by molar-refractivity contribution is 5.76. The molecule has 1 amide bonds. The van der Waals surface area contributed by atoms with Crippen LogP contribution in [0, 0.1) is 0 Å². The fourth-order valence-electron chi connectivity index (χ4n) is 10.7. The number of nitrogens with one attached hydrogen (secondary N) is 1. The summed E-state index contributed by atoms with van der Waals surface area (Å²) < 4.78 is 5.50. The Balaban J connectivity index is 3.37.